The molecule has 100 valence electrons. The van der Waals surface area contributed by atoms with Crippen LogP contribution in [0.5, 0.6) is 0 Å². The molecule has 5 nitrogen and oxygen atoms in total. The number of nitrogens with zero attached hydrogens (tertiary/aromatic N) is 2. The predicted octanol–water partition coefficient (Wildman–Crippen LogP) is 1.36. The Bertz CT molecular complexity index is 521. The minimum Gasteiger partial charge on any atom is -0.369 e. The van der Waals surface area contributed by atoms with Crippen LogP contribution in [-0.4, -0.2) is 38.8 Å². The molecule has 1 aliphatic heterocycles. The minimum atomic E-state index is -3.14. The number of rotatable bonds is 3. The number of hydrogen-bond donors (Lipinski definition) is 1. The lowest BCUT2D eigenvalue weighted by atomic mass is 10.1. The largest absolute Gasteiger partial charge is 0.369 e. The van der Waals surface area contributed by atoms with Crippen LogP contribution in [0.25, 0.3) is 0 Å². The van der Waals surface area contributed by atoms with E-state index in [1.807, 2.05) is 6.07 Å². The van der Waals surface area contributed by atoms with E-state index >= 15 is 0 Å². The van der Waals surface area contributed by atoms with Crippen LogP contribution in [-0.2, 0) is 10.0 Å². The number of halogens is 1. The number of nitrogens with one attached hydrogen (secondary N) is 1. The van der Waals surface area contributed by atoms with Crippen LogP contribution in [0.15, 0.2) is 22.9 Å². The summed E-state index contributed by atoms with van der Waals surface area (Å²) >= 11 is 3.39. The standard InChI is InChI=1S/C11H16BrN3O2S/c1-18(16,17)14-10-3-2-4-15(8-10)11-5-9(12)6-13-7-11/h5-7,10,14H,2-4,8H2,1H3. The molecule has 1 N–H and O–H groups in total. The van der Waals surface area contributed by atoms with Gasteiger partial charge in [-0.15, -0.1) is 0 Å². The van der Waals surface area contributed by atoms with E-state index in [0.29, 0.717) is 6.54 Å². The van der Waals surface area contributed by atoms with Gasteiger partial charge in [0.25, 0.3) is 0 Å². The third-order valence-corrected chi connectivity index (χ3v) is 4.05. The summed E-state index contributed by atoms with van der Waals surface area (Å²) in [5, 5.41) is 0. The maximum Gasteiger partial charge on any atom is 0.209 e. The van der Waals surface area contributed by atoms with Crippen LogP contribution in [0.1, 0.15) is 12.8 Å². The summed E-state index contributed by atoms with van der Waals surface area (Å²) in [5.41, 5.74) is 1.02. The lowest BCUT2D eigenvalue weighted by molar-refractivity contribution is 0.467. The molecule has 0 aromatic carbocycles. The van der Waals surface area contributed by atoms with Gasteiger partial charge >= 0.3 is 0 Å². The van der Waals surface area contributed by atoms with Gasteiger partial charge in [0.15, 0.2) is 0 Å². The highest BCUT2D eigenvalue weighted by atomic mass is 79.9. The Morgan fingerprint density at radius 3 is 2.94 bits per heavy atom. The van der Waals surface area contributed by atoms with Gasteiger partial charge in [-0.1, -0.05) is 0 Å². The van der Waals surface area contributed by atoms with Crippen molar-refractivity contribution in [3.05, 3.63) is 22.9 Å². The molecule has 0 radical (unpaired) electrons. The zero-order valence-electron chi connectivity index (χ0n) is 10.1. The first-order valence-corrected chi connectivity index (χ1v) is 8.45. The highest BCUT2D eigenvalue weighted by Crippen LogP contribution is 2.22. The fourth-order valence-electron chi connectivity index (χ4n) is 2.18. The van der Waals surface area contributed by atoms with Crippen LogP contribution in [0.3, 0.4) is 0 Å². The Kier molecular flexibility index (Phi) is 4.24. The maximum absolute atomic E-state index is 11.2. The van der Waals surface area contributed by atoms with Crippen molar-refractivity contribution in [1.29, 1.82) is 0 Å². The third kappa shape index (κ3) is 3.93. The molecule has 18 heavy (non-hydrogen) atoms. The lowest BCUT2D eigenvalue weighted by Gasteiger charge is -2.34. The molecule has 0 spiro atoms. The smallest absolute Gasteiger partial charge is 0.209 e. The topological polar surface area (TPSA) is 62.3 Å². The molecule has 0 bridgehead atoms. The van der Waals surface area contributed by atoms with Crippen LogP contribution in [0.4, 0.5) is 5.69 Å². The first kappa shape index (κ1) is 13.8. The number of hydrogen-bond acceptors (Lipinski definition) is 4. The Labute approximate surface area is 116 Å². The van der Waals surface area contributed by atoms with Gasteiger partial charge in [-0.05, 0) is 34.8 Å². The molecule has 0 saturated carbocycles. The molecule has 1 fully saturated rings. The summed E-state index contributed by atoms with van der Waals surface area (Å²) < 4.78 is 26.1. The van der Waals surface area contributed by atoms with Crippen molar-refractivity contribution in [2.45, 2.75) is 18.9 Å². The number of anilines is 1. The molecular weight excluding hydrogens is 318 g/mol. The van der Waals surface area contributed by atoms with E-state index in [4.69, 9.17) is 0 Å². The van der Waals surface area contributed by atoms with E-state index < -0.39 is 10.0 Å². The van der Waals surface area contributed by atoms with Crippen LogP contribution < -0.4 is 9.62 Å². The second kappa shape index (κ2) is 5.54. The van der Waals surface area contributed by atoms with Crippen molar-refractivity contribution in [1.82, 2.24) is 9.71 Å². The maximum atomic E-state index is 11.2. The van der Waals surface area contributed by atoms with E-state index in [9.17, 15) is 8.42 Å². The zero-order chi connectivity index (χ0) is 13.2. The van der Waals surface area contributed by atoms with Crippen molar-refractivity contribution in [3.8, 4) is 0 Å². The van der Waals surface area contributed by atoms with Crippen molar-refractivity contribution in [2.75, 3.05) is 24.2 Å². The first-order valence-electron chi connectivity index (χ1n) is 5.77. The van der Waals surface area contributed by atoms with Crippen molar-refractivity contribution < 1.29 is 8.42 Å². The highest BCUT2D eigenvalue weighted by Gasteiger charge is 2.22. The molecule has 1 saturated heterocycles. The fraction of sp³-hybridized carbons (Fsp3) is 0.545. The summed E-state index contributed by atoms with van der Waals surface area (Å²) in [4.78, 5) is 6.29. The average molecular weight is 334 g/mol. The summed E-state index contributed by atoms with van der Waals surface area (Å²) in [7, 11) is -3.14. The number of pyridine rings is 1. The normalized spacial score (nSPS) is 21.0. The quantitative estimate of drug-likeness (QED) is 0.907. The molecule has 1 aliphatic rings. The Morgan fingerprint density at radius 1 is 1.50 bits per heavy atom. The molecule has 1 aromatic heterocycles. The molecule has 0 aliphatic carbocycles. The van der Waals surface area contributed by atoms with Gasteiger partial charge < -0.3 is 4.90 Å². The van der Waals surface area contributed by atoms with Crippen molar-refractivity contribution >= 4 is 31.6 Å². The summed E-state index contributed by atoms with van der Waals surface area (Å²) in [6.45, 7) is 1.62. The predicted molar refractivity (Wildman–Crippen MR) is 75.2 cm³/mol. The van der Waals surface area contributed by atoms with Crippen LogP contribution in [0.2, 0.25) is 0 Å². The Balaban J connectivity index is 2.07. The van der Waals surface area contributed by atoms with Crippen LogP contribution >= 0.6 is 15.9 Å². The molecule has 2 heterocycles. The highest BCUT2D eigenvalue weighted by molar-refractivity contribution is 9.10. The van der Waals surface area contributed by atoms with Crippen molar-refractivity contribution in [3.63, 3.8) is 0 Å². The number of sulfonamides is 1. The van der Waals surface area contributed by atoms with E-state index in [0.717, 1.165) is 29.5 Å². The van der Waals surface area contributed by atoms with Gasteiger partial charge in [-0.2, -0.15) is 0 Å². The van der Waals surface area contributed by atoms with Crippen molar-refractivity contribution in [2.24, 2.45) is 0 Å². The first-order chi connectivity index (χ1) is 8.44. The van der Waals surface area contributed by atoms with Crippen LogP contribution in [0, 0.1) is 0 Å². The summed E-state index contributed by atoms with van der Waals surface area (Å²) in [5.74, 6) is 0. The van der Waals surface area contributed by atoms with E-state index in [-0.39, 0.29) is 6.04 Å². The SMILES string of the molecule is CS(=O)(=O)NC1CCCN(c2cncc(Br)c2)C1. The van der Waals surface area contributed by atoms with Gasteiger partial charge in [0, 0.05) is 29.8 Å². The number of aromatic nitrogens is 1. The van der Waals surface area contributed by atoms with E-state index in [2.05, 4.69) is 30.5 Å². The van der Waals surface area contributed by atoms with Gasteiger partial charge in [0.2, 0.25) is 10.0 Å². The fourth-order valence-corrected chi connectivity index (χ4v) is 3.33. The monoisotopic (exact) mass is 333 g/mol. The zero-order valence-corrected chi connectivity index (χ0v) is 12.5. The molecule has 0 amide bonds. The second-order valence-corrected chi connectivity index (χ2v) is 7.23. The van der Waals surface area contributed by atoms with Gasteiger partial charge in [0.1, 0.15) is 0 Å². The Hall–Kier alpha value is -0.660. The molecule has 1 unspecified atom stereocenters. The third-order valence-electron chi connectivity index (χ3n) is 2.86. The van der Waals surface area contributed by atoms with Gasteiger partial charge in [0.05, 0.1) is 18.1 Å². The molecule has 7 heteroatoms. The lowest BCUT2D eigenvalue weighted by Crippen LogP contribution is -2.47. The molecule has 1 atom stereocenters. The second-order valence-electron chi connectivity index (χ2n) is 4.54. The Morgan fingerprint density at radius 2 is 2.28 bits per heavy atom. The molecule has 2 rings (SSSR count). The van der Waals surface area contributed by atoms with E-state index in [1.165, 1.54) is 6.26 Å². The molecule has 1 aromatic rings. The van der Waals surface area contributed by atoms with E-state index in [1.54, 1.807) is 12.4 Å². The minimum absolute atomic E-state index is 0.0206. The summed E-state index contributed by atoms with van der Waals surface area (Å²) in [6, 6.07) is 1.98. The number of piperidine rings is 1. The van der Waals surface area contributed by atoms with Gasteiger partial charge in [-0.3, -0.25) is 4.98 Å². The molecular formula is C11H16BrN3O2S. The average Bonchev–Trinajstić information content (AvgIpc) is 2.27. The summed E-state index contributed by atoms with van der Waals surface area (Å²) in [6.07, 6.45) is 6.59. The van der Waals surface area contributed by atoms with Gasteiger partial charge in [-0.25, -0.2) is 13.1 Å².